The predicted molar refractivity (Wildman–Crippen MR) is 83.4 cm³/mol. The molecule has 0 spiro atoms. The van der Waals surface area contributed by atoms with Crippen molar-refractivity contribution in [3.05, 3.63) is 22.9 Å². The second kappa shape index (κ2) is 7.32. The number of hydrogen-bond acceptors (Lipinski definition) is 7. The molecule has 0 aliphatic carbocycles. The molecule has 2 rings (SSSR count). The second-order valence-electron chi connectivity index (χ2n) is 4.78. The summed E-state index contributed by atoms with van der Waals surface area (Å²) in [6.07, 6.45) is 1.23. The largest absolute Gasteiger partial charge is 0.463 e. The summed E-state index contributed by atoms with van der Waals surface area (Å²) in [5.41, 5.74) is 0. The van der Waals surface area contributed by atoms with Gasteiger partial charge in [-0.25, -0.2) is 4.79 Å². The smallest absolute Gasteiger partial charge is 0.333 e. The zero-order valence-electron chi connectivity index (χ0n) is 13.0. The number of aromatic nitrogens is 1. The van der Waals surface area contributed by atoms with Crippen molar-refractivity contribution in [1.82, 2.24) is 10.1 Å². The summed E-state index contributed by atoms with van der Waals surface area (Å²) < 4.78 is 9.71. The lowest BCUT2D eigenvalue weighted by molar-refractivity contribution is -0.137. The Kier molecular flexibility index (Phi) is 5.43. The molecule has 1 aliphatic heterocycles. The third kappa shape index (κ3) is 4.13. The first-order valence-corrected chi connectivity index (χ1v) is 7.98. The van der Waals surface area contributed by atoms with Crippen LogP contribution in [0.4, 0.5) is 5.82 Å². The summed E-state index contributed by atoms with van der Waals surface area (Å²) in [6.45, 7) is 5.21. The van der Waals surface area contributed by atoms with Gasteiger partial charge in [0.15, 0.2) is 5.82 Å². The van der Waals surface area contributed by atoms with Crippen LogP contribution in [0.3, 0.4) is 0 Å². The van der Waals surface area contributed by atoms with E-state index in [1.165, 1.54) is 22.7 Å². The summed E-state index contributed by atoms with van der Waals surface area (Å²) in [4.78, 5) is 37.1. The number of esters is 1. The van der Waals surface area contributed by atoms with Gasteiger partial charge in [0.05, 0.1) is 23.5 Å². The van der Waals surface area contributed by atoms with E-state index >= 15 is 0 Å². The van der Waals surface area contributed by atoms with E-state index in [1.54, 1.807) is 26.8 Å². The minimum Gasteiger partial charge on any atom is -0.463 e. The van der Waals surface area contributed by atoms with Crippen LogP contribution in [-0.2, 0) is 19.1 Å². The van der Waals surface area contributed by atoms with Crippen LogP contribution in [0.5, 0.6) is 0 Å². The van der Waals surface area contributed by atoms with Gasteiger partial charge in [-0.15, -0.1) is 0 Å². The predicted octanol–water partition coefficient (Wildman–Crippen LogP) is 1.29. The van der Waals surface area contributed by atoms with Crippen LogP contribution in [0.15, 0.2) is 21.7 Å². The highest BCUT2D eigenvalue weighted by Crippen LogP contribution is 2.31. The summed E-state index contributed by atoms with van der Waals surface area (Å²) in [5.74, 6) is -0.215. The molecule has 1 atom stereocenters. The molecule has 9 heteroatoms. The van der Waals surface area contributed by atoms with Crippen LogP contribution in [0.25, 0.3) is 0 Å². The van der Waals surface area contributed by atoms with Gasteiger partial charge in [0.25, 0.3) is 0 Å². The molecule has 2 heterocycles. The second-order valence-corrected chi connectivity index (χ2v) is 5.77. The number of anilines is 1. The van der Waals surface area contributed by atoms with Crippen LogP contribution in [0.1, 0.15) is 19.6 Å². The Bertz CT molecular complexity index is 655. The fourth-order valence-electron chi connectivity index (χ4n) is 1.97. The molecule has 1 aliphatic rings. The fraction of sp³-hybridized carbons (Fsp3) is 0.429. The van der Waals surface area contributed by atoms with E-state index in [0.29, 0.717) is 10.8 Å². The topological polar surface area (TPSA) is 102 Å². The van der Waals surface area contributed by atoms with E-state index in [0.717, 1.165) is 0 Å². The van der Waals surface area contributed by atoms with Gasteiger partial charge in [0.2, 0.25) is 11.8 Å². The van der Waals surface area contributed by atoms with E-state index in [2.05, 4.69) is 10.5 Å². The first-order valence-electron chi connectivity index (χ1n) is 7.00. The Balaban J connectivity index is 2.11. The highest BCUT2D eigenvalue weighted by molar-refractivity contribution is 8.04. The van der Waals surface area contributed by atoms with E-state index < -0.39 is 17.9 Å². The highest BCUT2D eigenvalue weighted by Gasteiger charge is 2.35. The zero-order chi connectivity index (χ0) is 17.0. The molecule has 0 aromatic carbocycles. The molecular formula is C14H17N3O5S. The molecule has 8 nitrogen and oxygen atoms in total. The first-order chi connectivity index (χ1) is 10.9. The standard InChI is InChI=1S/C14H17N3O5S/c1-4-21-13(19)6-12-17(11(18)7-23-12)9(3)14(20)15-10-5-8(2)22-16-10/h5-6,9H,4,7H2,1-3H3,(H,15,16,20)/b12-6-. The zero-order valence-corrected chi connectivity index (χ0v) is 13.8. The molecule has 1 aromatic rings. The molecule has 1 N–H and O–H groups in total. The molecule has 1 aromatic heterocycles. The SMILES string of the molecule is CCOC(=O)/C=C1\SCC(=O)N1C(C)C(=O)Nc1cc(C)on1. The Morgan fingerprint density at radius 2 is 2.35 bits per heavy atom. The molecule has 2 amide bonds. The summed E-state index contributed by atoms with van der Waals surface area (Å²) in [5, 5.41) is 6.64. The van der Waals surface area contributed by atoms with E-state index in [9.17, 15) is 14.4 Å². The maximum absolute atomic E-state index is 12.3. The van der Waals surface area contributed by atoms with Crippen LogP contribution < -0.4 is 5.32 Å². The Labute approximate surface area is 137 Å². The number of ether oxygens (including phenoxy) is 1. The van der Waals surface area contributed by atoms with Gasteiger partial charge in [-0.3, -0.25) is 14.5 Å². The number of thioether (sulfide) groups is 1. The van der Waals surface area contributed by atoms with Crippen LogP contribution in [-0.4, -0.2) is 46.2 Å². The van der Waals surface area contributed by atoms with Gasteiger partial charge >= 0.3 is 5.97 Å². The summed E-state index contributed by atoms with van der Waals surface area (Å²) in [7, 11) is 0. The van der Waals surface area contributed by atoms with Crippen molar-refractivity contribution in [2.75, 3.05) is 17.7 Å². The molecule has 0 bridgehead atoms. The van der Waals surface area contributed by atoms with Gasteiger partial charge in [-0.1, -0.05) is 16.9 Å². The maximum Gasteiger partial charge on any atom is 0.333 e. The van der Waals surface area contributed by atoms with Gasteiger partial charge in [-0.2, -0.15) is 0 Å². The quantitative estimate of drug-likeness (QED) is 0.637. The average molecular weight is 339 g/mol. The maximum atomic E-state index is 12.3. The Morgan fingerprint density at radius 3 is 2.96 bits per heavy atom. The summed E-state index contributed by atoms with van der Waals surface area (Å²) in [6, 6.07) is 0.774. The van der Waals surface area contributed by atoms with Gasteiger partial charge in [-0.05, 0) is 20.8 Å². The molecule has 1 saturated heterocycles. The number of amides is 2. The van der Waals surface area contributed by atoms with Crippen molar-refractivity contribution < 1.29 is 23.6 Å². The fourth-order valence-corrected chi connectivity index (χ4v) is 2.96. The highest BCUT2D eigenvalue weighted by atomic mass is 32.2. The normalized spacial score (nSPS) is 17.4. The first kappa shape index (κ1) is 17.1. The van der Waals surface area contributed by atoms with E-state index in [-0.39, 0.29) is 24.1 Å². The van der Waals surface area contributed by atoms with Gasteiger partial charge < -0.3 is 14.6 Å². The number of aryl methyl sites for hydroxylation is 1. The number of rotatable bonds is 5. The summed E-state index contributed by atoms with van der Waals surface area (Å²) >= 11 is 1.19. The van der Waals surface area contributed by atoms with Crippen molar-refractivity contribution in [2.24, 2.45) is 0 Å². The lowest BCUT2D eigenvalue weighted by Crippen LogP contribution is -2.42. The van der Waals surface area contributed by atoms with Crippen LogP contribution in [0.2, 0.25) is 0 Å². The molecule has 1 fully saturated rings. The third-order valence-electron chi connectivity index (χ3n) is 3.02. The lowest BCUT2D eigenvalue weighted by Gasteiger charge is -2.23. The lowest BCUT2D eigenvalue weighted by atomic mass is 10.2. The average Bonchev–Trinajstić information content (AvgIpc) is 3.05. The van der Waals surface area contributed by atoms with E-state index in [1.807, 2.05) is 0 Å². The molecular weight excluding hydrogens is 322 g/mol. The van der Waals surface area contributed by atoms with Crippen molar-refractivity contribution in [3.63, 3.8) is 0 Å². The Morgan fingerprint density at radius 1 is 1.61 bits per heavy atom. The number of nitrogens with zero attached hydrogens (tertiary/aromatic N) is 2. The molecule has 0 radical (unpaired) electrons. The number of nitrogens with one attached hydrogen (secondary N) is 1. The number of carbonyl (C=O) groups excluding carboxylic acids is 3. The molecule has 1 unspecified atom stereocenters. The van der Waals surface area contributed by atoms with Crippen LogP contribution in [0, 0.1) is 6.92 Å². The van der Waals surface area contributed by atoms with E-state index in [4.69, 9.17) is 9.26 Å². The number of hydrogen-bond donors (Lipinski definition) is 1. The minimum absolute atomic E-state index is 0.173. The van der Waals surface area contributed by atoms with Crippen molar-refractivity contribution in [2.45, 2.75) is 26.8 Å². The monoisotopic (exact) mass is 339 g/mol. The minimum atomic E-state index is -0.796. The third-order valence-corrected chi connectivity index (χ3v) is 4.03. The Hall–Kier alpha value is -2.29. The van der Waals surface area contributed by atoms with Gasteiger partial charge in [0.1, 0.15) is 11.8 Å². The molecule has 0 saturated carbocycles. The van der Waals surface area contributed by atoms with Crippen LogP contribution >= 0.6 is 11.8 Å². The van der Waals surface area contributed by atoms with Gasteiger partial charge in [0, 0.05) is 6.07 Å². The molecule has 124 valence electrons. The van der Waals surface area contributed by atoms with Crippen molar-refractivity contribution >= 4 is 35.4 Å². The van der Waals surface area contributed by atoms with Crippen molar-refractivity contribution in [3.8, 4) is 0 Å². The van der Waals surface area contributed by atoms with Crippen molar-refractivity contribution in [1.29, 1.82) is 0 Å². The number of carbonyl (C=O) groups is 3. The molecule has 23 heavy (non-hydrogen) atoms.